The Balaban J connectivity index is 2.25. The van der Waals surface area contributed by atoms with Crippen molar-refractivity contribution in [3.05, 3.63) is 18.0 Å². The molecule has 0 saturated heterocycles. The molecule has 60 valence electrons. The van der Waals surface area contributed by atoms with Crippen LogP contribution in [0.15, 0.2) is 12.3 Å². The molecule has 0 unspecified atom stereocenters. The number of hydrogen-bond acceptors (Lipinski definition) is 3. The van der Waals surface area contributed by atoms with Crippen LogP contribution in [0.4, 0.5) is 0 Å². The highest BCUT2D eigenvalue weighted by atomic mass is 16.5. The number of nitrogens with one attached hydrogen (secondary N) is 1. The molecular formula is C7H11N3O. The lowest BCUT2D eigenvalue weighted by molar-refractivity contribution is 0.178. The summed E-state index contributed by atoms with van der Waals surface area (Å²) in [4.78, 5) is 0. The van der Waals surface area contributed by atoms with Crippen molar-refractivity contribution in [3.63, 3.8) is 0 Å². The van der Waals surface area contributed by atoms with E-state index in [4.69, 9.17) is 4.74 Å². The van der Waals surface area contributed by atoms with Crippen molar-refractivity contribution in [2.75, 3.05) is 13.2 Å². The molecule has 0 atom stereocenters. The van der Waals surface area contributed by atoms with E-state index in [1.807, 2.05) is 19.1 Å². The molecule has 4 heteroatoms. The van der Waals surface area contributed by atoms with Crippen molar-refractivity contribution in [3.8, 4) is 0 Å². The minimum Gasteiger partial charge on any atom is -0.378 e. The van der Waals surface area contributed by atoms with E-state index in [9.17, 15) is 0 Å². The fraction of sp³-hybridized carbons (Fsp3) is 0.429. The number of aromatic nitrogens is 3. The molecule has 0 spiro atoms. The number of hydrogen-bond donors (Lipinski definition) is 1. The molecule has 11 heavy (non-hydrogen) atoms. The Kier molecular flexibility index (Phi) is 3.34. The Morgan fingerprint density at radius 3 is 3.27 bits per heavy atom. The van der Waals surface area contributed by atoms with Crippen molar-refractivity contribution >= 4 is 6.08 Å². The average molecular weight is 153 g/mol. The maximum Gasteiger partial charge on any atom is 0.105 e. The van der Waals surface area contributed by atoms with Crippen LogP contribution in [0.25, 0.3) is 6.08 Å². The molecule has 1 N–H and O–H groups in total. The summed E-state index contributed by atoms with van der Waals surface area (Å²) >= 11 is 0. The summed E-state index contributed by atoms with van der Waals surface area (Å²) in [7, 11) is 0. The molecule has 0 bridgehead atoms. The lowest BCUT2D eigenvalue weighted by Gasteiger charge is -1.90. The molecule has 0 radical (unpaired) electrons. The average Bonchev–Trinajstić information content (AvgIpc) is 2.50. The van der Waals surface area contributed by atoms with E-state index in [2.05, 4.69) is 15.4 Å². The summed E-state index contributed by atoms with van der Waals surface area (Å²) in [6, 6.07) is 0. The molecule has 0 aliphatic heterocycles. The summed E-state index contributed by atoms with van der Waals surface area (Å²) in [5, 5.41) is 10.0. The molecule has 1 heterocycles. The van der Waals surface area contributed by atoms with Gasteiger partial charge in [0.1, 0.15) is 5.69 Å². The Morgan fingerprint density at radius 2 is 2.64 bits per heavy atom. The number of aromatic amines is 1. The number of H-pyrrole nitrogens is 1. The molecule has 1 aromatic rings. The first kappa shape index (κ1) is 7.94. The monoisotopic (exact) mass is 153 g/mol. The van der Waals surface area contributed by atoms with Crippen molar-refractivity contribution in [1.82, 2.24) is 15.4 Å². The minimum absolute atomic E-state index is 0.628. The third-order valence-electron chi connectivity index (χ3n) is 1.14. The molecule has 0 fully saturated rings. The molecule has 0 amide bonds. The lowest BCUT2D eigenvalue weighted by atomic mass is 10.4. The summed E-state index contributed by atoms with van der Waals surface area (Å²) in [6.07, 6.45) is 5.42. The quantitative estimate of drug-likeness (QED) is 0.652. The SMILES string of the molecule is CCOCC=Cc1cn[nH]n1. The normalized spacial score (nSPS) is 11.0. The van der Waals surface area contributed by atoms with E-state index in [1.54, 1.807) is 6.20 Å². The Morgan fingerprint density at radius 1 is 1.73 bits per heavy atom. The summed E-state index contributed by atoms with van der Waals surface area (Å²) in [6.45, 7) is 3.33. The van der Waals surface area contributed by atoms with Crippen LogP contribution in [0.3, 0.4) is 0 Å². The third-order valence-corrected chi connectivity index (χ3v) is 1.14. The molecule has 4 nitrogen and oxygen atoms in total. The molecule has 0 aliphatic carbocycles. The molecule has 1 rings (SSSR count). The Labute approximate surface area is 65.3 Å². The topological polar surface area (TPSA) is 50.8 Å². The Hall–Kier alpha value is -1.16. The number of nitrogens with zero attached hydrogens (tertiary/aromatic N) is 2. The van der Waals surface area contributed by atoms with Gasteiger partial charge in [-0.15, -0.1) is 0 Å². The van der Waals surface area contributed by atoms with E-state index in [0.717, 1.165) is 12.3 Å². The van der Waals surface area contributed by atoms with Gasteiger partial charge in [0.05, 0.1) is 12.8 Å². The Bertz CT molecular complexity index is 205. The van der Waals surface area contributed by atoms with Gasteiger partial charge in [-0.1, -0.05) is 6.08 Å². The first-order valence-electron chi connectivity index (χ1n) is 3.53. The van der Waals surface area contributed by atoms with Crippen LogP contribution in [-0.2, 0) is 4.74 Å². The van der Waals surface area contributed by atoms with Gasteiger partial charge in [-0.2, -0.15) is 15.4 Å². The van der Waals surface area contributed by atoms with Gasteiger partial charge in [0.15, 0.2) is 0 Å². The van der Waals surface area contributed by atoms with Crippen molar-refractivity contribution in [2.45, 2.75) is 6.92 Å². The zero-order valence-corrected chi connectivity index (χ0v) is 6.45. The van der Waals surface area contributed by atoms with E-state index in [-0.39, 0.29) is 0 Å². The predicted molar refractivity (Wildman–Crippen MR) is 41.9 cm³/mol. The number of rotatable bonds is 4. The minimum atomic E-state index is 0.628. The maximum atomic E-state index is 5.09. The van der Waals surface area contributed by atoms with Gasteiger partial charge in [0, 0.05) is 6.61 Å². The van der Waals surface area contributed by atoms with Gasteiger partial charge in [-0.3, -0.25) is 0 Å². The van der Waals surface area contributed by atoms with E-state index in [0.29, 0.717) is 6.61 Å². The molecule has 1 aromatic heterocycles. The van der Waals surface area contributed by atoms with Crippen LogP contribution < -0.4 is 0 Å². The smallest absolute Gasteiger partial charge is 0.105 e. The summed E-state index contributed by atoms with van der Waals surface area (Å²) in [5.41, 5.74) is 0.824. The lowest BCUT2D eigenvalue weighted by Crippen LogP contribution is -1.87. The maximum absolute atomic E-state index is 5.09. The fourth-order valence-corrected chi connectivity index (χ4v) is 0.646. The first-order valence-corrected chi connectivity index (χ1v) is 3.53. The van der Waals surface area contributed by atoms with Gasteiger partial charge in [-0.05, 0) is 13.0 Å². The van der Waals surface area contributed by atoms with E-state index < -0.39 is 0 Å². The molecule has 0 aromatic carbocycles. The van der Waals surface area contributed by atoms with E-state index >= 15 is 0 Å². The van der Waals surface area contributed by atoms with Crippen LogP contribution >= 0.6 is 0 Å². The second-order valence-electron chi connectivity index (χ2n) is 1.96. The van der Waals surface area contributed by atoms with Gasteiger partial charge in [0.25, 0.3) is 0 Å². The highest BCUT2D eigenvalue weighted by molar-refractivity contribution is 5.41. The first-order chi connectivity index (χ1) is 5.43. The van der Waals surface area contributed by atoms with Gasteiger partial charge >= 0.3 is 0 Å². The highest BCUT2D eigenvalue weighted by Crippen LogP contribution is 1.91. The fourth-order valence-electron chi connectivity index (χ4n) is 0.646. The highest BCUT2D eigenvalue weighted by Gasteiger charge is 1.85. The second-order valence-corrected chi connectivity index (χ2v) is 1.96. The van der Waals surface area contributed by atoms with Crippen LogP contribution in [0.1, 0.15) is 12.6 Å². The van der Waals surface area contributed by atoms with Crippen molar-refractivity contribution in [1.29, 1.82) is 0 Å². The summed E-state index contributed by atoms with van der Waals surface area (Å²) in [5.74, 6) is 0. The van der Waals surface area contributed by atoms with Crippen LogP contribution in [0.5, 0.6) is 0 Å². The van der Waals surface area contributed by atoms with Gasteiger partial charge < -0.3 is 4.74 Å². The third kappa shape index (κ3) is 2.95. The summed E-state index contributed by atoms with van der Waals surface area (Å²) < 4.78 is 5.09. The van der Waals surface area contributed by atoms with Gasteiger partial charge in [-0.25, -0.2) is 0 Å². The predicted octanol–water partition coefficient (Wildman–Crippen LogP) is 0.854. The standard InChI is InChI=1S/C7H11N3O/c1-2-11-5-3-4-7-6-8-10-9-7/h3-4,6H,2,5H2,1H3,(H,8,9,10). The van der Waals surface area contributed by atoms with Crippen LogP contribution in [-0.4, -0.2) is 28.6 Å². The number of ether oxygens (including phenoxy) is 1. The van der Waals surface area contributed by atoms with Gasteiger partial charge in [0.2, 0.25) is 0 Å². The van der Waals surface area contributed by atoms with Crippen LogP contribution in [0.2, 0.25) is 0 Å². The van der Waals surface area contributed by atoms with Crippen molar-refractivity contribution in [2.24, 2.45) is 0 Å². The second kappa shape index (κ2) is 4.62. The molecule has 0 saturated carbocycles. The molecular weight excluding hydrogens is 142 g/mol. The largest absolute Gasteiger partial charge is 0.378 e. The van der Waals surface area contributed by atoms with Crippen LogP contribution in [0, 0.1) is 0 Å². The van der Waals surface area contributed by atoms with Crippen molar-refractivity contribution < 1.29 is 4.74 Å². The van der Waals surface area contributed by atoms with E-state index in [1.165, 1.54) is 0 Å². The zero-order chi connectivity index (χ0) is 7.94. The zero-order valence-electron chi connectivity index (χ0n) is 6.45. The molecule has 0 aliphatic rings.